The standard InChI is InChI=1S/C24H22FN3O2/c1-2-16-3-9-21-22(13-16)28(19-7-5-18(25)6-8-19)24(27-21)17-4-10-23(26-14-17)30-20-11-12-29-15-20/h3-10,13-14,20H,2,11-12,15H2,1H3. The van der Waals surface area contributed by atoms with Crippen LogP contribution in [0.2, 0.25) is 0 Å². The average Bonchev–Trinajstić information content (AvgIpc) is 3.42. The van der Waals surface area contributed by atoms with Gasteiger partial charge in [0, 0.05) is 29.9 Å². The largest absolute Gasteiger partial charge is 0.472 e. The Hall–Kier alpha value is -3.25. The quantitative estimate of drug-likeness (QED) is 0.473. The van der Waals surface area contributed by atoms with Gasteiger partial charge in [0.05, 0.1) is 24.2 Å². The highest BCUT2D eigenvalue weighted by Crippen LogP contribution is 2.30. The summed E-state index contributed by atoms with van der Waals surface area (Å²) in [5.41, 5.74) is 4.81. The maximum absolute atomic E-state index is 13.5. The fourth-order valence-corrected chi connectivity index (χ4v) is 3.74. The lowest BCUT2D eigenvalue weighted by molar-refractivity contribution is 0.138. The first-order valence-electron chi connectivity index (χ1n) is 10.2. The monoisotopic (exact) mass is 403 g/mol. The molecule has 4 aromatic rings. The molecule has 1 unspecified atom stereocenters. The minimum Gasteiger partial charge on any atom is -0.472 e. The van der Waals surface area contributed by atoms with Crippen LogP contribution in [0.25, 0.3) is 28.1 Å². The molecule has 1 fully saturated rings. The highest BCUT2D eigenvalue weighted by atomic mass is 19.1. The van der Waals surface area contributed by atoms with Crippen LogP contribution < -0.4 is 4.74 Å². The Bertz CT molecular complexity index is 1160. The molecule has 0 N–H and O–H groups in total. The van der Waals surface area contributed by atoms with Crippen molar-refractivity contribution in [3.05, 3.63) is 72.2 Å². The first kappa shape index (κ1) is 18.8. The van der Waals surface area contributed by atoms with Gasteiger partial charge in [-0.1, -0.05) is 13.0 Å². The molecule has 30 heavy (non-hydrogen) atoms. The summed E-state index contributed by atoms with van der Waals surface area (Å²) in [6, 6.07) is 16.5. The third-order valence-electron chi connectivity index (χ3n) is 5.38. The molecule has 1 saturated heterocycles. The van der Waals surface area contributed by atoms with Crippen LogP contribution in [0.15, 0.2) is 60.8 Å². The third-order valence-corrected chi connectivity index (χ3v) is 5.38. The zero-order chi connectivity index (χ0) is 20.5. The summed E-state index contributed by atoms with van der Waals surface area (Å²) in [4.78, 5) is 9.34. The van der Waals surface area contributed by atoms with Crippen LogP contribution in [0.1, 0.15) is 18.9 Å². The molecule has 0 saturated carbocycles. The summed E-state index contributed by atoms with van der Waals surface area (Å²) in [6.45, 7) is 3.45. The van der Waals surface area contributed by atoms with Gasteiger partial charge in [0.1, 0.15) is 17.7 Å². The van der Waals surface area contributed by atoms with E-state index in [1.54, 1.807) is 18.3 Å². The van der Waals surface area contributed by atoms with E-state index in [4.69, 9.17) is 14.5 Å². The number of benzene rings is 2. The molecule has 3 heterocycles. The Labute approximate surface area is 174 Å². The second kappa shape index (κ2) is 7.88. The van der Waals surface area contributed by atoms with Crippen LogP contribution in [0, 0.1) is 5.82 Å². The smallest absolute Gasteiger partial charge is 0.213 e. The topological polar surface area (TPSA) is 49.2 Å². The van der Waals surface area contributed by atoms with Crippen molar-refractivity contribution in [3.8, 4) is 23.0 Å². The molecule has 0 amide bonds. The molecular formula is C24H22FN3O2. The van der Waals surface area contributed by atoms with Crippen molar-refractivity contribution in [2.75, 3.05) is 13.2 Å². The number of imidazole rings is 1. The third kappa shape index (κ3) is 3.55. The molecule has 5 rings (SSSR count). The Morgan fingerprint density at radius 3 is 2.70 bits per heavy atom. The van der Waals surface area contributed by atoms with E-state index in [-0.39, 0.29) is 11.9 Å². The van der Waals surface area contributed by atoms with Crippen LogP contribution in [0.3, 0.4) is 0 Å². The number of hydrogen-bond acceptors (Lipinski definition) is 4. The molecule has 0 spiro atoms. The van der Waals surface area contributed by atoms with Gasteiger partial charge in [0.2, 0.25) is 5.88 Å². The zero-order valence-corrected chi connectivity index (χ0v) is 16.7. The van der Waals surface area contributed by atoms with Gasteiger partial charge in [-0.05, 0) is 54.4 Å². The van der Waals surface area contributed by atoms with Gasteiger partial charge in [-0.3, -0.25) is 4.57 Å². The summed E-state index contributed by atoms with van der Waals surface area (Å²) in [7, 11) is 0. The van der Waals surface area contributed by atoms with Crippen LogP contribution in [0.4, 0.5) is 4.39 Å². The van der Waals surface area contributed by atoms with E-state index in [1.807, 2.05) is 18.2 Å². The van der Waals surface area contributed by atoms with E-state index < -0.39 is 0 Å². The van der Waals surface area contributed by atoms with Crippen LogP contribution in [0.5, 0.6) is 5.88 Å². The molecule has 0 aliphatic carbocycles. The molecule has 1 aliphatic heterocycles. The summed E-state index contributed by atoms with van der Waals surface area (Å²) in [5.74, 6) is 1.07. The van der Waals surface area contributed by atoms with Gasteiger partial charge < -0.3 is 9.47 Å². The first-order valence-corrected chi connectivity index (χ1v) is 10.2. The van der Waals surface area contributed by atoms with E-state index >= 15 is 0 Å². The van der Waals surface area contributed by atoms with Gasteiger partial charge in [0.15, 0.2) is 0 Å². The predicted octanol–water partition coefficient (Wildman–Crippen LogP) is 4.96. The lowest BCUT2D eigenvalue weighted by Gasteiger charge is -2.12. The van der Waals surface area contributed by atoms with Gasteiger partial charge in [-0.2, -0.15) is 0 Å². The zero-order valence-electron chi connectivity index (χ0n) is 16.7. The van der Waals surface area contributed by atoms with E-state index in [0.29, 0.717) is 12.5 Å². The number of pyridine rings is 1. The number of ether oxygens (including phenoxy) is 2. The fraction of sp³-hybridized carbons (Fsp3) is 0.250. The van der Waals surface area contributed by atoms with Gasteiger partial charge >= 0.3 is 0 Å². The summed E-state index contributed by atoms with van der Waals surface area (Å²) < 4.78 is 26.8. The van der Waals surface area contributed by atoms with Crippen molar-refractivity contribution in [2.45, 2.75) is 25.9 Å². The Morgan fingerprint density at radius 2 is 2.00 bits per heavy atom. The molecule has 5 nitrogen and oxygen atoms in total. The normalized spacial score (nSPS) is 16.3. The number of fused-ring (bicyclic) bond motifs is 1. The second-order valence-corrected chi connectivity index (χ2v) is 7.41. The Morgan fingerprint density at radius 1 is 1.13 bits per heavy atom. The summed E-state index contributed by atoms with van der Waals surface area (Å²) in [5, 5.41) is 0. The molecule has 0 radical (unpaired) electrons. The Kier molecular flexibility index (Phi) is 4.93. The number of nitrogens with zero attached hydrogens (tertiary/aromatic N) is 3. The highest BCUT2D eigenvalue weighted by Gasteiger charge is 2.19. The second-order valence-electron chi connectivity index (χ2n) is 7.41. The molecular weight excluding hydrogens is 381 g/mol. The summed E-state index contributed by atoms with van der Waals surface area (Å²) in [6.07, 6.45) is 3.63. The van der Waals surface area contributed by atoms with Crippen molar-refractivity contribution in [1.29, 1.82) is 0 Å². The van der Waals surface area contributed by atoms with Gasteiger partial charge in [-0.25, -0.2) is 14.4 Å². The van der Waals surface area contributed by atoms with Crippen LogP contribution >= 0.6 is 0 Å². The molecule has 0 bridgehead atoms. The van der Waals surface area contributed by atoms with E-state index in [2.05, 4.69) is 28.6 Å². The van der Waals surface area contributed by atoms with Crippen LogP contribution in [-0.2, 0) is 11.2 Å². The number of aromatic nitrogens is 3. The van der Waals surface area contributed by atoms with E-state index in [0.717, 1.165) is 47.6 Å². The van der Waals surface area contributed by atoms with E-state index in [1.165, 1.54) is 17.7 Å². The lowest BCUT2D eigenvalue weighted by Crippen LogP contribution is -2.16. The molecule has 1 atom stereocenters. The minimum absolute atomic E-state index is 0.0552. The van der Waals surface area contributed by atoms with Gasteiger partial charge in [0.25, 0.3) is 0 Å². The number of halogens is 1. The fourth-order valence-electron chi connectivity index (χ4n) is 3.74. The van der Waals surface area contributed by atoms with Gasteiger partial charge in [-0.15, -0.1) is 0 Å². The number of hydrogen-bond donors (Lipinski definition) is 0. The van der Waals surface area contributed by atoms with E-state index in [9.17, 15) is 4.39 Å². The molecule has 152 valence electrons. The number of aryl methyl sites for hydroxylation is 1. The highest BCUT2D eigenvalue weighted by molar-refractivity contribution is 5.83. The van der Waals surface area contributed by atoms with Crippen molar-refractivity contribution < 1.29 is 13.9 Å². The Balaban J connectivity index is 1.59. The lowest BCUT2D eigenvalue weighted by atomic mass is 10.1. The summed E-state index contributed by atoms with van der Waals surface area (Å²) >= 11 is 0. The molecule has 2 aromatic heterocycles. The van der Waals surface area contributed by atoms with Crippen LogP contribution in [-0.4, -0.2) is 33.9 Å². The molecule has 2 aromatic carbocycles. The molecule has 1 aliphatic rings. The first-order chi connectivity index (χ1) is 14.7. The SMILES string of the molecule is CCc1ccc2nc(-c3ccc(OC4CCOC4)nc3)n(-c3ccc(F)cc3)c2c1. The van der Waals surface area contributed by atoms with Crippen molar-refractivity contribution in [3.63, 3.8) is 0 Å². The maximum Gasteiger partial charge on any atom is 0.213 e. The molecule has 6 heteroatoms. The predicted molar refractivity (Wildman–Crippen MR) is 113 cm³/mol. The number of rotatable bonds is 5. The van der Waals surface area contributed by atoms with Crippen molar-refractivity contribution in [1.82, 2.24) is 14.5 Å². The minimum atomic E-state index is -0.266. The maximum atomic E-state index is 13.5. The van der Waals surface area contributed by atoms with Crippen molar-refractivity contribution >= 4 is 11.0 Å². The average molecular weight is 403 g/mol. The van der Waals surface area contributed by atoms with Crippen molar-refractivity contribution in [2.24, 2.45) is 0 Å².